The van der Waals surface area contributed by atoms with Gasteiger partial charge in [0.05, 0.1) is 10.0 Å². The van der Waals surface area contributed by atoms with Gasteiger partial charge in [-0.1, -0.05) is 29.3 Å². The summed E-state index contributed by atoms with van der Waals surface area (Å²) in [6.07, 6.45) is 2.44. The van der Waals surface area contributed by atoms with E-state index in [1.54, 1.807) is 11.0 Å². The fourth-order valence-corrected chi connectivity index (χ4v) is 3.40. The zero-order valence-corrected chi connectivity index (χ0v) is 15.8. The van der Waals surface area contributed by atoms with Crippen molar-refractivity contribution in [3.63, 3.8) is 0 Å². The highest BCUT2D eigenvalue weighted by atomic mass is 35.5. The van der Waals surface area contributed by atoms with Crippen LogP contribution in [0, 0.1) is 0 Å². The summed E-state index contributed by atoms with van der Waals surface area (Å²) in [7, 11) is 0. The number of carbonyl (C=O) groups is 2. The Morgan fingerprint density at radius 3 is 2.62 bits per heavy atom. The Labute approximate surface area is 153 Å². The zero-order valence-electron chi connectivity index (χ0n) is 14.3. The third-order valence-electron chi connectivity index (χ3n) is 4.28. The lowest BCUT2D eigenvalue weighted by atomic mass is 9.76. The van der Waals surface area contributed by atoms with E-state index in [2.05, 4.69) is 0 Å². The maximum absolute atomic E-state index is 12.4. The van der Waals surface area contributed by atoms with E-state index in [0.717, 1.165) is 18.3 Å². The van der Waals surface area contributed by atoms with Crippen LogP contribution in [0.4, 0.5) is 4.79 Å². The maximum atomic E-state index is 12.4. The molecule has 0 radical (unpaired) electrons. The largest absolute Gasteiger partial charge is 0.444 e. The van der Waals surface area contributed by atoms with Crippen LogP contribution in [-0.2, 0) is 14.9 Å². The van der Waals surface area contributed by atoms with Gasteiger partial charge in [-0.15, -0.1) is 0 Å². The quantitative estimate of drug-likeness (QED) is 0.710. The lowest BCUT2D eigenvalue weighted by Crippen LogP contribution is -2.38. The predicted octanol–water partition coefficient (Wildman–Crippen LogP) is 4.85. The number of likely N-dealkylation sites (tertiary alicyclic amines) is 1. The Balaban J connectivity index is 2.25. The van der Waals surface area contributed by atoms with Crippen LogP contribution in [0.5, 0.6) is 0 Å². The molecule has 1 aromatic carbocycles. The number of halogens is 2. The molecule has 1 amide bonds. The Bertz CT molecular complexity index is 627. The van der Waals surface area contributed by atoms with Gasteiger partial charge in [0.2, 0.25) is 0 Å². The van der Waals surface area contributed by atoms with Crippen LogP contribution in [-0.4, -0.2) is 36.0 Å². The first-order valence-corrected chi connectivity index (χ1v) is 8.79. The lowest BCUT2D eigenvalue weighted by molar-refractivity contribution is -0.108. The second-order valence-electron chi connectivity index (χ2n) is 7.27. The minimum absolute atomic E-state index is 0.300. The lowest BCUT2D eigenvalue weighted by Gasteiger charge is -2.30. The van der Waals surface area contributed by atoms with Crippen molar-refractivity contribution in [2.75, 3.05) is 13.1 Å². The Morgan fingerprint density at radius 1 is 1.33 bits per heavy atom. The molecular formula is C18H23Cl2NO3. The monoisotopic (exact) mass is 371 g/mol. The molecule has 132 valence electrons. The molecular weight excluding hydrogens is 349 g/mol. The molecule has 1 aliphatic rings. The highest BCUT2D eigenvalue weighted by molar-refractivity contribution is 6.42. The first-order chi connectivity index (χ1) is 11.2. The van der Waals surface area contributed by atoms with Gasteiger partial charge >= 0.3 is 6.09 Å². The van der Waals surface area contributed by atoms with E-state index in [1.807, 2.05) is 32.9 Å². The van der Waals surface area contributed by atoms with E-state index in [-0.39, 0.29) is 11.5 Å². The summed E-state index contributed by atoms with van der Waals surface area (Å²) in [5.41, 5.74) is 0.172. The molecule has 1 saturated heterocycles. The first-order valence-electron chi connectivity index (χ1n) is 8.04. The van der Waals surface area contributed by atoms with E-state index in [4.69, 9.17) is 27.9 Å². The van der Waals surface area contributed by atoms with E-state index in [9.17, 15) is 9.59 Å². The number of rotatable bonds is 4. The molecule has 4 nitrogen and oxygen atoms in total. The van der Waals surface area contributed by atoms with E-state index in [0.29, 0.717) is 36.0 Å². The van der Waals surface area contributed by atoms with Crippen LogP contribution in [0.2, 0.25) is 10.0 Å². The van der Waals surface area contributed by atoms with Crippen LogP contribution < -0.4 is 0 Å². The molecule has 1 unspecified atom stereocenters. The molecule has 0 N–H and O–H groups in total. The third kappa shape index (κ3) is 4.42. The van der Waals surface area contributed by atoms with Gasteiger partial charge in [0.1, 0.15) is 11.9 Å². The Morgan fingerprint density at radius 2 is 2.04 bits per heavy atom. The van der Waals surface area contributed by atoms with Crippen LogP contribution in [0.1, 0.15) is 45.6 Å². The molecule has 0 spiro atoms. The average Bonchev–Trinajstić information content (AvgIpc) is 2.92. The highest BCUT2D eigenvalue weighted by Gasteiger charge is 2.42. The summed E-state index contributed by atoms with van der Waals surface area (Å²) < 4.78 is 5.47. The smallest absolute Gasteiger partial charge is 0.410 e. The predicted molar refractivity (Wildman–Crippen MR) is 95.9 cm³/mol. The van der Waals surface area contributed by atoms with Gasteiger partial charge in [-0.05, 0) is 51.3 Å². The normalized spacial score (nSPS) is 21.0. The SMILES string of the molecule is CC(C)(C)OC(=O)N1CCC(CCC=O)(c2ccc(Cl)c(Cl)c2)C1. The molecule has 0 aromatic heterocycles. The Kier molecular flexibility index (Phi) is 5.82. The molecule has 1 atom stereocenters. The van der Waals surface area contributed by atoms with Crippen LogP contribution in [0.3, 0.4) is 0 Å². The number of amides is 1. The summed E-state index contributed by atoms with van der Waals surface area (Å²) in [5.74, 6) is 0. The van der Waals surface area contributed by atoms with Crippen LogP contribution in [0.15, 0.2) is 18.2 Å². The topological polar surface area (TPSA) is 46.6 Å². The average molecular weight is 372 g/mol. The second kappa shape index (κ2) is 7.32. The van der Waals surface area contributed by atoms with Crippen molar-refractivity contribution in [1.82, 2.24) is 4.90 Å². The van der Waals surface area contributed by atoms with Crippen molar-refractivity contribution >= 4 is 35.6 Å². The van der Waals surface area contributed by atoms with E-state index < -0.39 is 5.60 Å². The molecule has 6 heteroatoms. The fraction of sp³-hybridized carbons (Fsp3) is 0.556. The number of ether oxygens (including phenoxy) is 1. The van der Waals surface area contributed by atoms with Crippen molar-refractivity contribution < 1.29 is 14.3 Å². The van der Waals surface area contributed by atoms with Gasteiger partial charge in [-0.2, -0.15) is 0 Å². The fourth-order valence-electron chi connectivity index (χ4n) is 3.10. The van der Waals surface area contributed by atoms with Crippen molar-refractivity contribution in [1.29, 1.82) is 0 Å². The minimum Gasteiger partial charge on any atom is -0.444 e. The third-order valence-corrected chi connectivity index (χ3v) is 5.02. The van der Waals surface area contributed by atoms with Gasteiger partial charge in [0.25, 0.3) is 0 Å². The van der Waals surface area contributed by atoms with Crippen molar-refractivity contribution in [3.8, 4) is 0 Å². The molecule has 2 rings (SSSR count). The summed E-state index contributed by atoms with van der Waals surface area (Å²) in [5, 5.41) is 0.975. The number of aldehydes is 1. The summed E-state index contributed by atoms with van der Waals surface area (Å²) in [6, 6.07) is 5.53. The van der Waals surface area contributed by atoms with Crippen molar-refractivity contribution in [2.45, 2.75) is 51.0 Å². The standard InChI is InChI=1S/C18H23Cl2NO3/c1-17(2,3)24-16(23)21-9-8-18(12-21,7-4-10-22)13-5-6-14(19)15(20)11-13/h5-6,10-11H,4,7-9,12H2,1-3H3. The van der Waals surface area contributed by atoms with Crippen LogP contribution in [0.25, 0.3) is 0 Å². The zero-order chi connectivity index (χ0) is 18.0. The molecule has 0 saturated carbocycles. The number of hydrogen-bond donors (Lipinski definition) is 0. The molecule has 24 heavy (non-hydrogen) atoms. The highest BCUT2D eigenvalue weighted by Crippen LogP contribution is 2.41. The van der Waals surface area contributed by atoms with Gasteiger partial charge in [-0.25, -0.2) is 4.79 Å². The number of hydrogen-bond acceptors (Lipinski definition) is 3. The number of benzene rings is 1. The first kappa shape index (κ1) is 19.1. The summed E-state index contributed by atoms with van der Waals surface area (Å²) in [6.45, 7) is 6.64. The summed E-state index contributed by atoms with van der Waals surface area (Å²) in [4.78, 5) is 25.0. The number of carbonyl (C=O) groups excluding carboxylic acids is 2. The maximum Gasteiger partial charge on any atom is 0.410 e. The van der Waals surface area contributed by atoms with Crippen molar-refractivity contribution in [2.24, 2.45) is 0 Å². The van der Waals surface area contributed by atoms with Crippen molar-refractivity contribution in [3.05, 3.63) is 33.8 Å². The summed E-state index contributed by atoms with van der Waals surface area (Å²) >= 11 is 12.2. The van der Waals surface area contributed by atoms with Crippen LogP contribution >= 0.6 is 23.2 Å². The molecule has 0 aliphatic carbocycles. The van der Waals surface area contributed by atoms with E-state index >= 15 is 0 Å². The molecule has 1 aliphatic heterocycles. The van der Waals surface area contributed by atoms with Gasteiger partial charge in [-0.3, -0.25) is 0 Å². The second-order valence-corrected chi connectivity index (χ2v) is 8.08. The van der Waals surface area contributed by atoms with Gasteiger partial charge < -0.3 is 14.4 Å². The Hall–Kier alpha value is -1.26. The van der Waals surface area contributed by atoms with Gasteiger partial charge in [0.15, 0.2) is 0 Å². The van der Waals surface area contributed by atoms with Gasteiger partial charge in [0, 0.05) is 24.9 Å². The number of nitrogens with zero attached hydrogens (tertiary/aromatic N) is 1. The molecule has 1 heterocycles. The molecule has 1 aromatic rings. The molecule has 1 fully saturated rings. The molecule has 0 bridgehead atoms. The van der Waals surface area contributed by atoms with E-state index in [1.165, 1.54) is 0 Å². The minimum atomic E-state index is -0.533.